The van der Waals surface area contributed by atoms with Crippen LogP contribution in [0.2, 0.25) is 0 Å². The van der Waals surface area contributed by atoms with Gasteiger partial charge in [-0.15, -0.1) is 0 Å². The number of hydrogen-bond acceptors (Lipinski definition) is 4. The van der Waals surface area contributed by atoms with Gasteiger partial charge < -0.3 is 20.1 Å². The molecular formula is C13H18N2O3. The van der Waals surface area contributed by atoms with Crippen LogP contribution in [0.1, 0.15) is 5.56 Å². The van der Waals surface area contributed by atoms with Gasteiger partial charge in [-0.05, 0) is 6.07 Å². The quantitative estimate of drug-likeness (QED) is 0.800. The molecule has 1 heterocycles. The predicted molar refractivity (Wildman–Crippen MR) is 67.8 cm³/mol. The van der Waals surface area contributed by atoms with E-state index in [1.807, 2.05) is 18.2 Å². The third-order valence-corrected chi connectivity index (χ3v) is 3.09. The van der Waals surface area contributed by atoms with Gasteiger partial charge in [0.25, 0.3) is 0 Å². The van der Waals surface area contributed by atoms with Crippen molar-refractivity contribution in [2.45, 2.75) is 6.54 Å². The highest BCUT2D eigenvalue weighted by Gasteiger charge is 2.24. The minimum Gasteiger partial charge on any atom is -0.493 e. The van der Waals surface area contributed by atoms with Crippen LogP contribution in [0.4, 0.5) is 0 Å². The zero-order chi connectivity index (χ0) is 13.0. The predicted octanol–water partition coefficient (Wildman–Crippen LogP) is 0.539. The van der Waals surface area contributed by atoms with Crippen molar-refractivity contribution in [1.82, 2.24) is 10.6 Å². The summed E-state index contributed by atoms with van der Waals surface area (Å²) in [6.07, 6.45) is 0. The van der Waals surface area contributed by atoms with E-state index in [1.54, 1.807) is 14.2 Å². The van der Waals surface area contributed by atoms with Gasteiger partial charge in [-0.3, -0.25) is 4.79 Å². The number of carbonyl (C=O) groups excluding carboxylic acids is 1. The second-order valence-corrected chi connectivity index (χ2v) is 4.23. The Morgan fingerprint density at radius 3 is 2.72 bits per heavy atom. The van der Waals surface area contributed by atoms with Crippen molar-refractivity contribution >= 4 is 5.91 Å². The molecule has 0 aromatic heterocycles. The van der Waals surface area contributed by atoms with Crippen LogP contribution in [-0.2, 0) is 11.3 Å². The third kappa shape index (κ3) is 2.56. The number of rotatable bonds is 5. The SMILES string of the molecule is COc1cccc(CNC(=O)C2CNC2)c1OC. The normalized spacial score (nSPS) is 14.8. The van der Waals surface area contributed by atoms with E-state index in [4.69, 9.17) is 9.47 Å². The third-order valence-electron chi connectivity index (χ3n) is 3.09. The molecular weight excluding hydrogens is 232 g/mol. The molecule has 1 aromatic carbocycles. The molecule has 1 aromatic rings. The Morgan fingerprint density at radius 2 is 2.17 bits per heavy atom. The van der Waals surface area contributed by atoms with Crippen molar-refractivity contribution in [3.8, 4) is 11.5 Å². The van der Waals surface area contributed by atoms with Crippen LogP contribution in [0.15, 0.2) is 18.2 Å². The monoisotopic (exact) mass is 250 g/mol. The molecule has 0 aliphatic carbocycles. The molecule has 0 unspecified atom stereocenters. The molecule has 1 fully saturated rings. The van der Waals surface area contributed by atoms with Gasteiger partial charge in [-0.2, -0.15) is 0 Å². The second-order valence-electron chi connectivity index (χ2n) is 4.23. The van der Waals surface area contributed by atoms with Crippen LogP contribution in [0, 0.1) is 5.92 Å². The molecule has 0 atom stereocenters. The second kappa shape index (κ2) is 5.73. The molecule has 1 aliphatic heterocycles. The summed E-state index contributed by atoms with van der Waals surface area (Å²) in [7, 11) is 3.19. The van der Waals surface area contributed by atoms with Gasteiger partial charge in [0.15, 0.2) is 11.5 Å². The van der Waals surface area contributed by atoms with Crippen molar-refractivity contribution in [3.05, 3.63) is 23.8 Å². The summed E-state index contributed by atoms with van der Waals surface area (Å²) in [5.74, 6) is 1.53. The highest BCUT2D eigenvalue weighted by molar-refractivity contribution is 5.80. The van der Waals surface area contributed by atoms with Crippen LogP contribution in [-0.4, -0.2) is 33.2 Å². The highest BCUT2D eigenvalue weighted by Crippen LogP contribution is 2.30. The first-order valence-electron chi connectivity index (χ1n) is 5.94. The van der Waals surface area contributed by atoms with E-state index in [-0.39, 0.29) is 11.8 Å². The number of benzene rings is 1. The van der Waals surface area contributed by atoms with Gasteiger partial charge in [0.1, 0.15) is 0 Å². The number of amides is 1. The molecule has 98 valence electrons. The fraction of sp³-hybridized carbons (Fsp3) is 0.462. The van der Waals surface area contributed by atoms with Gasteiger partial charge in [0, 0.05) is 25.2 Å². The maximum Gasteiger partial charge on any atom is 0.225 e. The zero-order valence-corrected chi connectivity index (χ0v) is 10.7. The van der Waals surface area contributed by atoms with E-state index < -0.39 is 0 Å². The molecule has 1 saturated heterocycles. The molecule has 0 bridgehead atoms. The van der Waals surface area contributed by atoms with E-state index in [0.29, 0.717) is 18.0 Å². The molecule has 5 heteroatoms. The van der Waals surface area contributed by atoms with Crippen molar-refractivity contribution < 1.29 is 14.3 Å². The van der Waals surface area contributed by atoms with E-state index in [1.165, 1.54) is 0 Å². The van der Waals surface area contributed by atoms with E-state index in [9.17, 15) is 4.79 Å². The minimum atomic E-state index is 0.0821. The van der Waals surface area contributed by atoms with E-state index in [2.05, 4.69) is 10.6 Å². The van der Waals surface area contributed by atoms with Crippen molar-refractivity contribution in [2.75, 3.05) is 27.3 Å². The van der Waals surface area contributed by atoms with Gasteiger partial charge in [-0.1, -0.05) is 12.1 Å². The molecule has 2 N–H and O–H groups in total. The van der Waals surface area contributed by atoms with E-state index in [0.717, 1.165) is 18.7 Å². The highest BCUT2D eigenvalue weighted by atomic mass is 16.5. The number of nitrogens with one attached hydrogen (secondary N) is 2. The summed E-state index contributed by atoms with van der Waals surface area (Å²) in [6, 6.07) is 5.63. The average molecular weight is 250 g/mol. The lowest BCUT2D eigenvalue weighted by Crippen LogP contribution is -2.50. The summed E-state index contributed by atoms with van der Waals surface area (Å²) in [4.78, 5) is 11.7. The number of ether oxygens (including phenoxy) is 2. The summed E-state index contributed by atoms with van der Waals surface area (Å²) in [5, 5.41) is 5.99. The Balaban J connectivity index is 2.01. The van der Waals surface area contributed by atoms with Crippen LogP contribution in [0.3, 0.4) is 0 Å². The Kier molecular flexibility index (Phi) is 4.04. The maximum atomic E-state index is 11.7. The van der Waals surface area contributed by atoms with Crippen molar-refractivity contribution in [3.63, 3.8) is 0 Å². The summed E-state index contributed by atoms with van der Waals surface area (Å²) in [5.41, 5.74) is 0.914. The lowest BCUT2D eigenvalue weighted by molar-refractivity contribution is -0.126. The fourth-order valence-corrected chi connectivity index (χ4v) is 1.89. The Hall–Kier alpha value is -1.75. The van der Waals surface area contributed by atoms with Gasteiger partial charge >= 0.3 is 0 Å². The summed E-state index contributed by atoms with van der Waals surface area (Å²) < 4.78 is 10.5. The largest absolute Gasteiger partial charge is 0.493 e. The Labute approximate surface area is 106 Å². The number of methoxy groups -OCH3 is 2. The molecule has 0 saturated carbocycles. The van der Waals surface area contributed by atoms with Crippen LogP contribution in [0.25, 0.3) is 0 Å². The topological polar surface area (TPSA) is 59.6 Å². The first-order valence-corrected chi connectivity index (χ1v) is 5.94. The molecule has 5 nitrogen and oxygen atoms in total. The van der Waals surface area contributed by atoms with Gasteiger partial charge in [-0.25, -0.2) is 0 Å². The standard InChI is InChI=1S/C13H18N2O3/c1-17-11-5-3-4-9(12(11)18-2)8-15-13(16)10-6-14-7-10/h3-5,10,14H,6-8H2,1-2H3,(H,15,16). The van der Waals surface area contributed by atoms with Crippen LogP contribution in [0.5, 0.6) is 11.5 Å². The lowest BCUT2D eigenvalue weighted by Gasteiger charge is -2.26. The lowest BCUT2D eigenvalue weighted by atomic mass is 10.0. The summed E-state index contributed by atoms with van der Waals surface area (Å²) in [6.45, 7) is 1.98. The van der Waals surface area contributed by atoms with Crippen molar-refractivity contribution in [2.24, 2.45) is 5.92 Å². The van der Waals surface area contributed by atoms with Gasteiger partial charge in [0.05, 0.1) is 20.1 Å². The molecule has 1 aliphatic rings. The Bertz CT molecular complexity index is 430. The van der Waals surface area contributed by atoms with Crippen LogP contribution < -0.4 is 20.1 Å². The Morgan fingerprint density at radius 1 is 1.39 bits per heavy atom. The first kappa shape index (κ1) is 12.7. The first-order chi connectivity index (χ1) is 8.76. The summed E-state index contributed by atoms with van der Waals surface area (Å²) >= 11 is 0. The average Bonchev–Trinajstić information content (AvgIpc) is 2.33. The molecule has 18 heavy (non-hydrogen) atoms. The fourth-order valence-electron chi connectivity index (χ4n) is 1.89. The number of hydrogen-bond donors (Lipinski definition) is 2. The molecule has 0 spiro atoms. The van der Waals surface area contributed by atoms with Crippen LogP contribution >= 0.6 is 0 Å². The molecule has 2 rings (SSSR count). The molecule has 1 amide bonds. The van der Waals surface area contributed by atoms with Gasteiger partial charge in [0.2, 0.25) is 5.91 Å². The minimum absolute atomic E-state index is 0.0821. The number of carbonyl (C=O) groups is 1. The van der Waals surface area contributed by atoms with E-state index >= 15 is 0 Å². The van der Waals surface area contributed by atoms with Crippen molar-refractivity contribution in [1.29, 1.82) is 0 Å². The maximum absolute atomic E-state index is 11.7. The number of para-hydroxylation sites is 1. The zero-order valence-electron chi connectivity index (χ0n) is 10.7. The smallest absolute Gasteiger partial charge is 0.225 e. The molecule has 0 radical (unpaired) electrons.